The number of hydrogen-bond donors (Lipinski definition) is 2. The third kappa shape index (κ3) is 6.69. The summed E-state index contributed by atoms with van der Waals surface area (Å²) in [5.41, 5.74) is -3.93. The quantitative estimate of drug-likeness (QED) is 0.526. The first kappa shape index (κ1) is 26.9. The smallest absolute Gasteiger partial charge is 0.412 e. The molecule has 0 saturated carbocycles. The van der Waals surface area contributed by atoms with Gasteiger partial charge in [0.25, 0.3) is 0 Å². The van der Waals surface area contributed by atoms with Gasteiger partial charge in [0.1, 0.15) is 11.3 Å². The lowest BCUT2D eigenvalue weighted by molar-refractivity contribution is -0.162. The van der Waals surface area contributed by atoms with Crippen LogP contribution in [0.3, 0.4) is 0 Å². The van der Waals surface area contributed by atoms with Crippen LogP contribution in [0.1, 0.15) is 81.6 Å². The number of carbonyl (C=O) groups excluding carboxylic acids is 1. The number of carbonyl (C=O) groups is 3. The Labute approximate surface area is 185 Å². The number of hydrogen-bond acceptors (Lipinski definition) is 5. The second-order valence-corrected chi connectivity index (χ2v) is 10.8. The van der Waals surface area contributed by atoms with E-state index in [1.165, 1.54) is 4.90 Å². The van der Waals surface area contributed by atoms with Gasteiger partial charge >= 0.3 is 18.0 Å². The Hall–Kier alpha value is -2.09. The molecule has 0 bridgehead atoms. The Balaban J connectivity index is 3.55. The minimum Gasteiger partial charge on any atom is -0.481 e. The molecule has 1 fully saturated rings. The van der Waals surface area contributed by atoms with Crippen LogP contribution in [-0.2, 0) is 19.1 Å². The third-order valence-corrected chi connectivity index (χ3v) is 5.55. The highest BCUT2D eigenvalue weighted by Gasteiger charge is 2.59. The number of allylic oxidation sites excluding steroid dienone is 2. The van der Waals surface area contributed by atoms with Crippen molar-refractivity contribution < 1.29 is 34.1 Å². The van der Waals surface area contributed by atoms with Crippen molar-refractivity contribution in [1.82, 2.24) is 4.90 Å². The normalized spacial score (nSPS) is 23.6. The van der Waals surface area contributed by atoms with Gasteiger partial charge in [-0.25, -0.2) is 4.79 Å². The van der Waals surface area contributed by atoms with Gasteiger partial charge in [-0.2, -0.15) is 0 Å². The molecule has 1 heterocycles. The first-order chi connectivity index (χ1) is 13.9. The molecule has 1 aliphatic heterocycles. The van der Waals surface area contributed by atoms with Crippen molar-refractivity contribution in [3.05, 3.63) is 12.2 Å². The molecule has 1 rings (SSSR count). The number of carboxylic acids is 2. The number of rotatable bonds is 8. The Morgan fingerprint density at radius 1 is 1.10 bits per heavy atom. The van der Waals surface area contributed by atoms with Crippen molar-refractivity contribution in [1.29, 1.82) is 0 Å². The van der Waals surface area contributed by atoms with E-state index in [-0.39, 0.29) is 19.3 Å². The summed E-state index contributed by atoms with van der Waals surface area (Å²) in [7, 11) is 0. The Morgan fingerprint density at radius 2 is 1.65 bits per heavy atom. The summed E-state index contributed by atoms with van der Waals surface area (Å²) < 4.78 is 11.9. The summed E-state index contributed by atoms with van der Waals surface area (Å²) in [6.45, 7) is 15.7. The minimum atomic E-state index is -1.33. The van der Waals surface area contributed by atoms with Crippen LogP contribution in [0.25, 0.3) is 0 Å². The zero-order valence-electron chi connectivity index (χ0n) is 20.3. The van der Waals surface area contributed by atoms with Crippen molar-refractivity contribution in [3.63, 3.8) is 0 Å². The molecule has 0 aliphatic carbocycles. The highest BCUT2D eigenvalue weighted by molar-refractivity contribution is 5.76. The maximum Gasteiger partial charge on any atom is 0.412 e. The van der Waals surface area contributed by atoms with E-state index in [4.69, 9.17) is 9.47 Å². The third-order valence-electron chi connectivity index (χ3n) is 5.55. The number of nitrogens with zero attached hydrogens (tertiary/aromatic N) is 1. The Bertz CT molecular complexity index is 720. The molecule has 1 aliphatic rings. The monoisotopic (exact) mass is 441 g/mol. The molecule has 1 saturated heterocycles. The van der Waals surface area contributed by atoms with Crippen LogP contribution in [0.5, 0.6) is 0 Å². The van der Waals surface area contributed by atoms with Crippen molar-refractivity contribution in [2.24, 2.45) is 10.8 Å². The molecule has 0 radical (unpaired) electrons. The Kier molecular flexibility index (Phi) is 7.98. The van der Waals surface area contributed by atoms with Crippen molar-refractivity contribution in [2.45, 2.75) is 105 Å². The maximum atomic E-state index is 13.2. The largest absolute Gasteiger partial charge is 0.481 e. The molecule has 0 spiro atoms. The van der Waals surface area contributed by atoms with E-state index in [0.717, 1.165) is 0 Å². The predicted octanol–water partition coefficient (Wildman–Crippen LogP) is 4.68. The average Bonchev–Trinajstić information content (AvgIpc) is 2.79. The molecule has 8 nitrogen and oxygen atoms in total. The van der Waals surface area contributed by atoms with Crippen molar-refractivity contribution in [2.75, 3.05) is 0 Å². The first-order valence-electron chi connectivity index (χ1n) is 10.6. The zero-order chi connectivity index (χ0) is 24.4. The van der Waals surface area contributed by atoms with Crippen LogP contribution in [0.15, 0.2) is 12.2 Å². The molecule has 1 amide bonds. The molecule has 0 aromatic rings. The van der Waals surface area contributed by atoms with Crippen LogP contribution in [0, 0.1) is 10.8 Å². The van der Waals surface area contributed by atoms with E-state index in [0.29, 0.717) is 0 Å². The van der Waals surface area contributed by atoms with Crippen molar-refractivity contribution >= 4 is 18.0 Å². The van der Waals surface area contributed by atoms with Gasteiger partial charge in [0, 0.05) is 0 Å². The van der Waals surface area contributed by atoms with E-state index < -0.39 is 52.3 Å². The average molecular weight is 442 g/mol. The molecular weight excluding hydrogens is 402 g/mol. The van der Waals surface area contributed by atoms with Gasteiger partial charge in [0.2, 0.25) is 0 Å². The van der Waals surface area contributed by atoms with E-state index in [1.807, 2.05) is 6.92 Å². The molecule has 0 aromatic heterocycles. The van der Waals surface area contributed by atoms with Crippen molar-refractivity contribution in [3.8, 4) is 0 Å². The molecule has 0 aromatic carbocycles. The topological polar surface area (TPSA) is 113 Å². The molecule has 31 heavy (non-hydrogen) atoms. The van der Waals surface area contributed by atoms with Gasteiger partial charge in [0.05, 0.1) is 24.0 Å². The second kappa shape index (κ2) is 9.18. The molecular formula is C23H39NO7. The second-order valence-electron chi connectivity index (χ2n) is 10.8. The summed E-state index contributed by atoms with van der Waals surface area (Å²) >= 11 is 0. The summed E-state index contributed by atoms with van der Waals surface area (Å²) in [4.78, 5) is 38.4. The number of amides is 1. The predicted molar refractivity (Wildman–Crippen MR) is 117 cm³/mol. The van der Waals surface area contributed by atoms with Crippen LogP contribution >= 0.6 is 0 Å². The van der Waals surface area contributed by atoms with Gasteiger partial charge in [-0.1, -0.05) is 26.0 Å². The molecule has 3 atom stereocenters. The summed E-state index contributed by atoms with van der Waals surface area (Å²) in [6, 6.07) is -0.689. The lowest BCUT2D eigenvalue weighted by Crippen LogP contribution is -2.53. The fraction of sp³-hybridized carbons (Fsp3) is 0.783. The van der Waals surface area contributed by atoms with Gasteiger partial charge in [-0.05, 0) is 66.7 Å². The highest BCUT2D eigenvalue weighted by atomic mass is 16.6. The molecule has 178 valence electrons. The first-order valence-corrected chi connectivity index (χ1v) is 10.6. The summed E-state index contributed by atoms with van der Waals surface area (Å²) in [6.07, 6.45) is 2.38. The number of carboxylic acid groups (broad SMARTS) is 2. The van der Waals surface area contributed by atoms with Gasteiger partial charge in [0.15, 0.2) is 0 Å². The van der Waals surface area contributed by atoms with E-state index >= 15 is 0 Å². The highest BCUT2D eigenvalue weighted by Crippen LogP contribution is 2.47. The van der Waals surface area contributed by atoms with E-state index in [9.17, 15) is 24.6 Å². The SMILES string of the molecule is CC=CC[C@@](C)(C(=O)O)[C@@H]1OC(C)(C)N(C(=O)OC(C)(C)C)[C@H]1CC(C)(C)CC(=O)O. The zero-order valence-corrected chi connectivity index (χ0v) is 20.3. The van der Waals surface area contributed by atoms with Crippen LogP contribution in [0.4, 0.5) is 4.79 Å². The summed E-state index contributed by atoms with van der Waals surface area (Å²) in [5.74, 6) is -2.00. The fourth-order valence-corrected chi connectivity index (χ4v) is 4.14. The molecule has 8 heteroatoms. The van der Waals surface area contributed by atoms with Gasteiger partial charge in [-0.15, -0.1) is 0 Å². The maximum absolute atomic E-state index is 13.2. The van der Waals surface area contributed by atoms with Crippen LogP contribution in [0.2, 0.25) is 0 Å². The lowest BCUT2D eigenvalue weighted by Gasteiger charge is -2.39. The molecule has 0 unspecified atom stereocenters. The molecule has 2 N–H and O–H groups in total. The van der Waals surface area contributed by atoms with Gasteiger partial charge in [-0.3, -0.25) is 14.5 Å². The number of aliphatic carboxylic acids is 2. The van der Waals surface area contributed by atoms with Gasteiger partial charge < -0.3 is 19.7 Å². The van der Waals surface area contributed by atoms with E-state index in [2.05, 4.69) is 0 Å². The fourth-order valence-electron chi connectivity index (χ4n) is 4.14. The summed E-state index contributed by atoms with van der Waals surface area (Å²) in [5, 5.41) is 19.5. The standard InChI is InChI=1S/C23H39NO7/c1-10-11-12-23(9,18(27)28)17-15(13-21(5,6)14-16(25)26)24(22(7,8)30-17)19(29)31-20(2,3)4/h10-11,15,17H,12-14H2,1-9H3,(H,25,26)(H,27,28)/t15-,17+,23+/m0/s1. The van der Waals surface area contributed by atoms with Crippen LogP contribution < -0.4 is 0 Å². The van der Waals surface area contributed by atoms with Crippen LogP contribution in [-0.4, -0.2) is 56.6 Å². The van der Waals surface area contributed by atoms with E-state index in [1.54, 1.807) is 67.5 Å². The minimum absolute atomic E-state index is 0.128. The lowest BCUT2D eigenvalue weighted by atomic mass is 9.72. The number of ether oxygens (including phenoxy) is 2. The Morgan fingerprint density at radius 3 is 2.06 bits per heavy atom.